The smallest absolute Gasteiger partial charge is 0.230 e. The summed E-state index contributed by atoms with van der Waals surface area (Å²) in [6.07, 6.45) is 7.06. The van der Waals surface area contributed by atoms with Gasteiger partial charge in [-0.25, -0.2) is 4.98 Å². The van der Waals surface area contributed by atoms with Gasteiger partial charge in [0, 0.05) is 24.6 Å². The van der Waals surface area contributed by atoms with Crippen molar-refractivity contribution in [3.8, 4) is 5.69 Å². The number of aryl methyl sites for hydroxylation is 1. The van der Waals surface area contributed by atoms with Gasteiger partial charge in [-0.3, -0.25) is 9.36 Å². The van der Waals surface area contributed by atoms with Crippen LogP contribution in [0, 0.1) is 6.92 Å². The van der Waals surface area contributed by atoms with E-state index in [0.717, 1.165) is 30.2 Å². The van der Waals surface area contributed by atoms with E-state index in [1.807, 2.05) is 22.9 Å². The minimum absolute atomic E-state index is 0.0693. The second-order valence-electron chi connectivity index (χ2n) is 5.26. The molecular weight excluding hydrogens is 294 g/mol. The zero-order valence-corrected chi connectivity index (χ0v) is 14.0. The highest BCUT2D eigenvalue weighted by Crippen LogP contribution is 2.20. The van der Waals surface area contributed by atoms with Crippen molar-refractivity contribution < 1.29 is 4.79 Å². The zero-order valence-electron chi connectivity index (χ0n) is 13.2. The van der Waals surface area contributed by atoms with Gasteiger partial charge in [0.1, 0.15) is 0 Å². The molecule has 5 heteroatoms. The van der Waals surface area contributed by atoms with Gasteiger partial charge in [-0.05, 0) is 31.0 Å². The molecule has 1 N–H and O–H groups in total. The van der Waals surface area contributed by atoms with Gasteiger partial charge in [0.15, 0.2) is 5.16 Å². The molecule has 0 saturated carbocycles. The molecule has 2 rings (SSSR count). The van der Waals surface area contributed by atoms with E-state index in [4.69, 9.17) is 0 Å². The topological polar surface area (TPSA) is 46.9 Å². The Morgan fingerprint density at radius 3 is 3.00 bits per heavy atom. The van der Waals surface area contributed by atoms with E-state index in [2.05, 4.69) is 36.3 Å². The number of hydrogen-bond acceptors (Lipinski definition) is 3. The Labute approximate surface area is 136 Å². The summed E-state index contributed by atoms with van der Waals surface area (Å²) in [6, 6.07) is 8.25. The molecule has 4 nitrogen and oxygen atoms in total. The first-order valence-electron chi connectivity index (χ1n) is 7.70. The van der Waals surface area contributed by atoms with Gasteiger partial charge >= 0.3 is 0 Å². The van der Waals surface area contributed by atoms with Gasteiger partial charge in [-0.2, -0.15) is 0 Å². The van der Waals surface area contributed by atoms with Crippen molar-refractivity contribution in [3.63, 3.8) is 0 Å². The number of hydrogen-bond donors (Lipinski definition) is 1. The van der Waals surface area contributed by atoms with Crippen molar-refractivity contribution in [1.82, 2.24) is 14.9 Å². The predicted octanol–water partition coefficient (Wildman–Crippen LogP) is 3.58. The fourth-order valence-electron chi connectivity index (χ4n) is 2.15. The molecule has 0 saturated heterocycles. The molecular formula is C17H23N3OS. The first-order chi connectivity index (χ1) is 10.7. The van der Waals surface area contributed by atoms with E-state index < -0.39 is 0 Å². The average Bonchev–Trinajstić information content (AvgIpc) is 2.98. The molecule has 0 aliphatic heterocycles. The Balaban J connectivity index is 1.89. The highest BCUT2D eigenvalue weighted by atomic mass is 32.2. The van der Waals surface area contributed by atoms with Crippen LogP contribution in [0.3, 0.4) is 0 Å². The molecule has 0 radical (unpaired) electrons. The third kappa shape index (κ3) is 4.91. The molecule has 0 unspecified atom stereocenters. The van der Waals surface area contributed by atoms with Gasteiger partial charge < -0.3 is 5.32 Å². The first kappa shape index (κ1) is 16.6. The minimum atomic E-state index is 0.0693. The number of rotatable bonds is 8. The first-order valence-corrected chi connectivity index (χ1v) is 8.69. The SMILES string of the molecule is CCCCCNC(=O)CSc1nccn1-c1cccc(C)c1. The van der Waals surface area contributed by atoms with Crippen molar-refractivity contribution in [2.45, 2.75) is 38.3 Å². The summed E-state index contributed by atoms with van der Waals surface area (Å²) in [5, 5.41) is 3.79. The maximum atomic E-state index is 11.8. The van der Waals surface area contributed by atoms with Gasteiger partial charge in [0.25, 0.3) is 0 Å². The molecule has 2 aromatic rings. The molecule has 0 atom stereocenters. The summed E-state index contributed by atoms with van der Waals surface area (Å²) in [6.45, 7) is 4.99. The fourth-order valence-corrected chi connectivity index (χ4v) is 2.96. The van der Waals surface area contributed by atoms with Crippen molar-refractivity contribution in [1.29, 1.82) is 0 Å². The summed E-state index contributed by atoms with van der Waals surface area (Å²) >= 11 is 1.47. The summed E-state index contributed by atoms with van der Waals surface area (Å²) < 4.78 is 2.02. The van der Waals surface area contributed by atoms with E-state index in [0.29, 0.717) is 5.75 Å². The lowest BCUT2D eigenvalue weighted by Crippen LogP contribution is -2.26. The monoisotopic (exact) mass is 317 g/mol. The van der Waals surface area contributed by atoms with E-state index in [-0.39, 0.29) is 5.91 Å². The van der Waals surface area contributed by atoms with Crippen molar-refractivity contribution in [2.75, 3.05) is 12.3 Å². The lowest BCUT2D eigenvalue weighted by molar-refractivity contribution is -0.118. The summed E-state index contributed by atoms with van der Waals surface area (Å²) in [5.74, 6) is 0.467. The number of nitrogens with zero attached hydrogens (tertiary/aromatic N) is 2. The van der Waals surface area contributed by atoms with Crippen molar-refractivity contribution in [3.05, 3.63) is 42.2 Å². The molecule has 1 aromatic heterocycles. The van der Waals surface area contributed by atoms with E-state index in [1.54, 1.807) is 6.20 Å². The van der Waals surface area contributed by atoms with Crippen LogP contribution < -0.4 is 5.32 Å². The molecule has 1 aromatic carbocycles. The number of amides is 1. The third-order valence-electron chi connectivity index (χ3n) is 3.32. The maximum absolute atomic E-state index is 11.8. The lowest BCUT2D eigenvalue weighted by atomic mass is 10.2. The Morgan fingerprint density at radius 1 is 1.36 bits per heavy atom. The third-order valence-corrected chi connectivity index (χ3v) is 4.29. The van der Waals surface area contributed by atoms with Crippen LogP contribution in [0.15, 0.2) is 41.8 Å². The summed E-state index contributed by atoms with van der Waals surface area (Å²) in [4.78, 5) is 16.2. The minimum Gasteiger partial charge on any atom is -0.355 e. The number of aromatic nitrogens is 2. The van der Waals surface area contributed by atoms with Crippen molar-refractivity contribution in [2.24, 2.45) is 0 Å². The van der Waals surface area contributed by atoms with E-state index in [1.165, 1.54) is 23.7 Å². The summed E-state index contributed by atoms with van der Waals surface area (Å²) in [7, 11) is 0. The number of imidazole rings is 1. The van der Waals surface area contributed by atoms with Crippen LogP contribution in [0.4, 0.5) is 0 Å². The molecule has 22 heavy (non-hydrogen) atoms. The largest absolute Gasteiger partial charge is 0.355 e. The van der Waals surface area contributed by atoms with Gasteiger partial charge in [0.2, 0.25) is 5.91 Å². The number of benzene rings is 1. The standard InChI is InChI=1S/C17H23N3OS/c1-3-4-5-9-18-16(21)13-22-17-19-10-11-20(17)15-8-6-7-14(2)12-15/h6-8,10-12H,3-5,9,13H2,1-2H3,(H,18,21). The number of unbranched alkanes of at least 4 members (excludes halogenated alkanes) is 2. The van der Waals surface area contributed by atoms with Crippen LogP contribution in [0.2, 0.25) is 0 Å². The predicted molar refractivity (Wildman–Crippen MR) is 91.6 cm³/mol. The molecule has 1 heterocycles. The van der Waals surface area contributed by atoms with Crippen LogP contribution in [0.25, 0.3) is 5.69 Å². The van der Waals surface area contributed by atoms with Gasteiger partial charge in [-0.1, -0.05) is 43.7 Å². The molecule has 0 fully saturated rings. The van der Waals surface area contributed by atoms with Crippen molar-refractivity contribution >= 4 is 17.7 Å². The summed E-state index contributed by atoms with van der Waals surface area (Å²) in [5.41, 5.74) is 2.28. The Kier molecular flexibility index (Phi) is 6.52. The maximum Gasteiger partial charge on any atom is 0.230 e. The van der Waals surface area contributed by atoms with Gasteiger partial charge in [-0.15, -0.1) is 0 Å². The quantitative estimate of drug-likeness (QED) is 0.598. The second-order valence-corrected chi connectivity index (χ2v) is 6.21. The Bertz CT molecular complexity index is 609. The number of carbonyl (C=O) groups excluding carboxylic acids is 1. The second kappa shape index (κ2) is 8.63. The zero-order chi connectivity index (χ0) is 15.8. The molecule has 0 bridgehead atoms. The molecule has 118 valence electrons. The Morgan fingerprint density at radius 2 is 2.23 bits per heavy atom. The van der Waals surface area contributed by atoms with Crippen LogP contribution in [0.5, 0.6) is 0 Å². The lowest BCUT2D eigenvalue weighted by Gasteiger charge is -2.08. The fraction of sp³-hybridized carbons (Fsp3) is 0.412. The average molecular weight is 317 g/mol. The highest BCUT2D eigenvalue weighted by molar-refractivity contribution is 7.99. The van der Waals surface area contributed by atoms with Crippen LogP contribution in [-0.4, -0.2) is 27.8 Å². The number of nitrogens with one attached hydrogen (secondary N) is 1. The normalized spacial score (nSPS) is 10.6. The number of carbonyl (C=O) groups is 1. The van der Waals surface area contributed by atoms with Crippen LogP contribution >= 0.6 is 11.8 Å². The van der Waals surface area contributed by atoms with E-state index in [9.17, 15) is 4.79 Å². The Hall–Kier alpha value is -1.75. The van der Waals surface area contributed by atoms with Crippen LogP contribution in [0.1, 0.15) is 31.7 Å². The van der Waals surface area contributed by atoms with E-state index >= 15 is 0 Å². The number of thioether (sulfide) groups is 1. The highest BCUT2D eigenvalue weighted by Gasteiger charge is 2.08. The van der Waals surface area contributed by atoms with Gasteiger partial charge in [0.05, 0.1) is 5.75 Å². The molecule has 0 aliphatic rings. The molecule has 0 spiro atoms. The molecule has 0 aliphatic carbocycles. The van der Waals surface area contributed by atoms with Crippen LogP contribution in [-0.2, 0) is 4.79 Å². The molecule has 1 amide bonds.